The van der Waals surface area contributed by atoms with Gasteiger partial charge in [-0.05, 0) is 52.1 Å². The molecular formula is C13H22N4. The Morgan fingerprint density at radius 3 is 2.88 bits per heavy atom. The maximum Gasteiger partial charge on any atom is 0.148 e. The van der Waals surface area contributed by atoms with Crippen molar-refractivity contribution >= 4 is 5.82 Å². The minimum atomic E-state index is 0.540. The number of likely N-dealkylation sites (N-methyl/N-ethyl adjacent to an activating group) is 1. The van der Waals surface area contributed by atoms with Gasteiger partial charge < -0.3 is 10.6 Å². The average molecular weight is 234 g/mol. The third-order valence-corrected chi connectivity index (χ3v) is 4.19. The second-order valence-corrected chi connectivity index (χ2v) is 5.52. The molecule has 1 saturated heterocycles. The summed E-state index contributed by atoms with van der Waals surface area (Å²) >= 11 is 0. The number of nitrogen functional groups attached to an aromatic ring is 1. The van der Waals surface area contributed by atoms with Crippen LogP contribution in [-0.4, -0.2) is 34.8 Å². The standard InChI is InChI=1S/C13H22N4/c1-16-8-4-5-10(9-16)17-12-7-3-2-6-11(12)13(14)15-17/h10H,2-9H2,1H3,(H2,14,15). The van der Waals surface area contributed by atoms with Gasteiger partial charge in [-0.3, -0.25) is 4.68 Å². The van der Waals surface area contributed by atoms with Gasteiger partial charge in [-0.1, -0.05) is 0 Å². The first-order chi connectivity index (χ1) is 8.25. The van der Waals surface area contributed by atoms with Crippen LogP contribution in [0.15, 0.2) is 0 Å². The quantitative estimate of drug-likeness (QED) is 0.803. The second-order valence-electron chi connectivity index (χ2n) is 5.52. The van der Waals surface area contributed by atoms with E-state index in [2.05, 4.69) is 21.7 Å². The molecule has 0 spiro atoms. The molecule has 1 unspecified atom stereocenters. The van der Waals surface area contributed by atoms with Crippen LogP contribution < -0.4 is 5.73 Å². The molecule has 0 amide bonds. The van der Waals surface area contributed by atoms with E-state index in [1.807, 2.05) is 0 Å². The van der Waals surface area contributed by atoms with Gasteiger partial charge in [0.05, 0.1) is 6.04 Å². The van der Waals surface area contributed by atoms with E-state index in [9.17, 15) is 0 Å². The third kappa shape index (κ3) is 1.95. The number of rotatable bonds is 1. The Balaban J connectivity index is 1.91. The largest absolute Gasteiger partial charge is 0.382 e. The summed E-state index contributed by atoms with van der Waals surface area (Å²) in [5.41, 5.74) is 8.82. The number of hydrogen-bond acceptors (Lipinski definition) is 3. The molecule has 1 aliphatic heterocycles. The summed E-state index contributed by atoms with van der Waals surface area (Å²) in [6, 6.07) is 0.540. The van der Waals surface area contributed by atoms with E-state index in [-0.39, 0.29) is 0 Å². The van der Waals surface area contributed by atoms with Crippen molar-refractivity contribution in [3.63, 3.8) is 0 Å². The molecule has 1 aromatic rings. The molecule has 0 radical (unpaired) electrons. The van der Waals surface area contributed by atoms with Crippen molar-refractivity contribution in [3.05, 3.63) is 11.3 Å². The van der Waals surface area contributed by atoms with Crippen molar-refractivity contribution in [1.29, 1.82) is 0 Å². The molecule has 17 heavy (non-hydrogen) atoms. The maximum atomic E-state index is 6.06. The third-order valence-electron chi connectivity index (χ3n) is 4.19. The van der Waals surface area contributed by atoms with Crippen LogP contribution in [-0.2, 0) is 12.8 Å². The fourth-order valence-corrected chi connectivity index (χ4v) is 3.30. The highest BCUT2D eigenvalue weighted by molar-refractivity contribution is 5.44. The Kier molecular flexibility index (Phi) is 2.82. The number of nitrogens with zero attached hydrogens (tertiary/aromatic N) is 3. The van der Waals surface area contributed by atoms with Gasteiger partial charge in [0.15, 0.2) is 0 Å². The van der Waals surface area contributed by atoms with Crippen molar-refractivity contribution in [2.24, 2.45) is 0 Å². The van der Waals surface area contributed by atoms with Gasteiger partial charge in [-0.15, -0.1) is 0 Å². The molecule has 0 aromatic carbocycles. The summed E-state index contributed by atoms with van der Waals surface area (Å²) in [5.74, 6) is 0.785. The van der Waals surface area contributed by atoms with Crippen LogP contribution in [0.4, 0.5) is 5.82 Å². The summed E-state index contributed by atoms with van der Waals surface area (Å²) in [7, 11) is 2.20. The first-order valence-corrected chi connectivity index (χ1v) is 6.80. The molecule has 94 valence electrons. The van der Waals surface area contributed by atoms with Crippen molar-refractivity contribution in [2.75, 3.05) is 25.9 Å². The molecule has 0 bridgehead atoms. The monoisotopic (exact) mass is 234 g/mol. The van der Waals surface area contributed by atoms with E-state index in [4.69, 9.17) is 5.73 Å². The van der Waals surface area contributed by atoms with Gasteiger partial charge in [0.1, 0.15) is 5.82 Å². The molecule has 2 N–H and O–H groups in total. The lowest BCUT2D eigenvalue weighted by Gasteiger charge is -2.31. The number of aromatic nitrogens is 2. The Morgan fingerprint density at radius 1 is 1.24 bits per heavy atom. The van der Waals surface area contributed by atoms with E-state index in [0.717, 1.165) is 18.8 Å². The first-order valence-electron chi connectivity index (χ1n) is 6.80. The zero-order chi connectivity index (χ0) is 11.8. The van der Waals surface area contributed by atoms with Crippen LogP contribution in [0.1, 0.15) is 43.0 Å². The van der Waals surface area contributed by atoms with Gasteiger partial charge >= 0.3 is 0 Å². The molecule has 0 saturated carbocycles. The molecule has 1 fully saturated rings. The normalized spacial score (nSPS) is 25.8. The van der Waals surface area contributed by atoms with E-state index in [1.165, 1.54) is 49.9 Å². The van der Waals surface area contributed by atoms with Crippen LogP contribution in [0.3, 0.4) is 0 Å². The predicted octanol–water partition coefficient (Wildman–Crippen LogP) is 1.61. The number of nitrogens with two attached hydrogens (primary N) is 1. The second kappa shape index (κ2) is 4.33. The molecule has 4 heteroatoms. The van der Waals surface area contributed by atoms with E-state index in [1.54, 1.807) is 0 Å². The van der Waals surface area contributed by atoms with E-state index >= 15 is 0 Å². The smallest absolute Gasteiger partial charge is 0.148 e. The summed E-state index contributed by atoms with van der Waals surface area (Å²) in [6.45, 7) is 2.34. The Morgan fingerprint density at radius 2 is 2.06 bits per heavy atom. The molecule has 4 nitrogen and oxygen atoms in total. The fraction of sp³-hybridized carbons (Fsp3) is 0.769. The lowest BCUT2D eigenvalue weighted by atomic mass is 9.96. The summed E-state index contributed by atoms with van der Waals surface area (Å²) < 4.78 is 2.25. The maximum absolute atomic E-state index is 6.06. The average Bonchev–Trinajstić information content (AvgIpc) is 2.68. The highest BCUT2D eigenvalue weighted by atomic mass is 15.3. The number of piperidine rings is 1. The molecule has 2 aliphatic rings. The van der Waals surface area contributed by atoms with Gasteiger partial charge in [-0.2, -0.15) is 5.10 Å². The van der Waals surface area contributed by atoms with Crippen molar-refractivity contribution in [3.8, 4) is 0 Å². The number of likely N-dealkylation sites (tertiary alicyclic amines) is 1. The van der Waals surface area contributed by atoms with Gasteiger partial charge in [0, 0.05) is 17.8 Å². The van der Waals surface area contributed by atoms with Gasteiger partial charge in [0.25, 0.3) is 0 Å². The van der Waals surface area contributed by atoms with Gasteiger partial charge in [0.2, 0.25) is 0 Å². The molecule has 3 rings (SSSR count). The predicted molar refractivity (Wildman–Crippen MR) is 69.0 cm³/mol. The molecule has 1 aliphatic carbocycles. The minimum Gasteiger partial charge on any atom is -0.382 e. The van der Waals surface area contributed by atoms with Gasteiger partial charge in [-0.25, -0.2) is 0 Å². The topological polar surface area (TPSA) is 47.1 Å². The Bertz CT molecular complexity index is 410. The van der Waals surface area contributed by atoms with Crippen molar-refractivity contribution in [1.82, 2.24) is 14.7 Å². The fourth-order valence-electron chi connectivity index (χ4n) is 3.30. The molecular weight excluding hydrogens is 212 g/mol. The van der Waals surface area contributed by atoms with Crippen LogP contribution in [0.5, 0.6) is 0 Å². The highest BCUT2D eigenvalue weighted by Crippen LogP contribution is 2.30. The number of anilines is 1. The molecule has 2 heterocycles. The van der Waals surface area contributed by atoms with Crippen LogP contribution >= 0.6 is 0 Å². The minimum absolute atomic E-state index is 0.540. The number of fused-ring (bicyclic) bond motifs is 1. The summed E-state index contributed by atoms with van der Waals surface area (Å²) in [4.78, 5) is 2.40. The first kappa shape index (κ1) is 11.1. The summed E-state index contributed by atoms with van der Waals surface area (Å²) in [5, 5.41) is 4.62. The highest BCUT2D eigenvalue weighted by Gasteiger charge is 2.26. The van der Waals surface area contributed by atoms with Crippen LogP contribution in [0.2, 0.25) is 0 Å². The lowest BCUT2D eigenvalue weighted by Crippen LogP contribution is -2.34. The van der Waals surface area contributed by atoms with Crippen molar-refractivity contribution < 1.29 is 0 Å². The lowest BCUT2D eigenvalue weighted by molar-refractivity contribution is 0.199. The van der Waals surface area contributed by atoms with Crippen LogP contribution in [0, 0.1) is 0 Å². The molecule has 1 aromatic heterocycles. The number of hydrogen-bond donors (Lipinski definition) is 1. The molecule has 1 atom stereocenters. The zero-order valence-corrected chi connectivity index (χ0v) is 10.7. The van der Waals surface area contributed by atoms with E-state index in [0.29, 0.717) is 6.04 Å². The Labute approximate surface area is 103 Å². The van der Waals surface area contributed by atoms with Crippen LogP contribution in [0.25, 0.3) is 0 Å². The van der Waals surface area contributed by atoms with E-state index < -0.39 is 0 Å². The van der Waals surface area contributed by atoms with Crippen molar-refractivity contribution in [2.45, 2.75) is 44.6 Å². The SMILES string of the molecule is CN1CCCC(n2nc(N)c3c2CCCC3)C1. The zero-order valence-electron chi connectivity index (χ0n) is 10.7. The summed E-state index contributed by atoms with van der Waals surface area (Å²) in [6.07, 6.45) is 7.38. The Hall–Kier alpha value is -1.03.